The SMILES string of the molecule is CC(=O)Nc1ccc(N2C(=O)C(=O)C(=C(O)c3ccccc3)[C@@H]2c2ccc(F)cc2)cc1. The van der Waals surface area contributed by atoms with Gasteiger partial charge in [-0.1, -0.05) is 42.5 Å². The molecule has 0 radical (unpaired) electrons. The third-order valence-electron chi connectivity index (χ3n) is 5.14. The molecule has 2 N–H and O–H groups in total. The van der Waals surface area contributed by atoms with Gasteiger partial charge < -0.3 is 10.4 Å². The Bertz CT molecular complexity index is 1220. The largest absolute Gasteiger partial charge is 0.507 e. The lowest BCUT2D eigenvalue weighted by atomic mass is 9.95. The van der Waals surface area contributed by atoms with Crippen molar-refractivity contribution in [1.29, 1.82) is 0 Å². The van der Waals surface area contributed by atoms with E-state index < -0.39 is 23.5 Å². The normalized spacial score (nSPS) is 17.4. The maximum absolute atomic E-state index is 13.6. The van der Waals surface area contributed by atoms with Crippen LogP contribution >= 0.6 is 0 Å². The van der Waals surface area contributed by atoms with Gasteiger partial charge in [0, 0.05) is 23.9 Å². The number of nitrogens with zero attached hydrogens (tertiary/aromatic N) is 1. The van der Waals surface area contributed by atoms with Crippen LogP contribution in [-0.2, 0) is 14.4 Å². The number of ketones is 1. The van der Waals surface area contributed by atoms with Crippen LogP contribution in [0.15, 0.2) is 84.4 Å². The van der Waals surface area contributed by atoms with Crippen LogP contribution in [0.5, 0.6) is 0 Å². The van der Waals surface area contributed by atoms with Gasteiger partial charge in [-0.2, -0.15) is 0 Å². The highest BCUT2D eigenvalue weighted by molar-refractivity contribution is 6.51. The number of halogens is 1. The minimum atomic E-state index is -0.956. The summed E-state index contributed by atoms with van der Waals surface area (Å²) in [4.78, 5) is 38.6. The van der Waals surface area contributed by atoms with Gasteiger partial charge >= 0.3 is 0 Å². The smallest absolute Gasteiger partial charge is 0.300 e. The summed E-state index contributed by atoms with van der Waals surface area (Å²) >= 11 is 0. The third kappa shape index (κ3) is 3.88. The van der Waals surface area contributed by atoms with Crippen molar-refractivity contribution in [1.82, 2.24) is 0 Å². The summed E-state index contributed by atoms with van der Waals surface area (Å²) < 4.78 is 13.6. The zero-order valence-electron chi connectivity index (χ0n) is 17.1. The number of benzene rings is 3. The fourth-order valence-corrected chi connectivity index (χ4v) is 3.72. The predicted octanol–water partition coefficient (Wildman–Crippen LogP) is 4.41. The number of rotatable bonds is 4. The van der Waals surface area contributed by atoms with Gasteiger partial charge in [0.2, 0.25) is 5.91 Å². The summed E-state index contributed by atoms with van der Waals surface area (Å²) in [6.07, 6.45) is 0. The first kappa shape index (κ1) is 21.0. The Hall–Kier alpha value is -4.26. The van der Waals surface area contributed by atoms with E-state index in [0.717, 1.165) is 0 Å². The standard InChI is InChI=1S/C25H19FN2O4/c1-15(29)27-19-11-13-20(14-12-19)28-22(16-7-9-18(26)10-8-16)21(24(31)25(28)32)23(30)17-5-3-2-4-6-17/h2-14,22,30H,1H3,(H,27,29)/t22-/m0/s1. The molecule has 0 spiro atoms. The fraction of sp³-hybridized carbons (Fsp3) is 0.0800. The average Bonchev–Trinajstić information content (AvgIpc) is 3.05. The fourth-order valence-electron chi connectivity index (χ4n) is 3.72. The van der Waals surface area contributed by atoms with Crippen molar-refractivity contribution in [2.75, 3.05) is 10.2 Å². The lowest BCUT2D eigenvalue weighted by Gasteiger charge is -2.25. The van der Waals surface area contributed by atoms with Crippen molar-refractivity contribution in [3.63, 3.8) is 0 Å². The van der Waals surface area contributed by atoms with Gasteiger partial charge in [0.05, 0.1) is 11.6 Å². The molecule has 1 saturated heterocycles. The summed E-state index contributed by atoms with van der Waals surface area (Å²) in [5, 5.41) is 13.6. The number of aliphatic hydroxyl groups excluding tert-OH is 1. The molecule has 1 fully saturated rings. The first-order chi connectivity index (χ1) is 15.4. The summed E-state index contributed by atoms with van der Waals surface area (Å²) in [5.74, 6) is -2.67. The van der Waals surface area contributed by atoms with E-state index in [-0.39, 0.29) is 17.2 Å². The second-order valence-corrected chi connectivity index (χ2v) is 7.31. The number of aliphatic hydroxyl groups is 1. The van der Waals surface area contributed by atoms with Crippen LogP contribution in [0.1, 0.15) is 24.1 Å². The van der Waals surface area contributed by atoms with Gasteiger partial charge in [-0.15, -0.1) is 0 Å². The maximum Gasteiger partial charge on any atom is 0.300 e. The molecular weight excluding hydrogens is 411 g/mol. The van der Waals surface area contributed by atoms with E-state index in [9.17, 15) is 23.9 Å². The molecule has 2 amide bonds. The molecule has 0 aromatic heterocycles. The Morgan fingerprint density at radius 2 is 1.56 bits per heavy atom. The van der Waals surface area contributed by atoms with E-state index in [4.69, 9.17) is 0 Å². The highest BCUT2D eigenvalue weighted by Crippen LogP contribution is 2.42. The quantitative estimate of drug-likeness (QED) is 0.365. The van der Waals surface area contributed by atoms with E-state index in [1.165, 1.54) is 36.1 Å². The number of nitrogens with one attached hydrogen (secondary N) is 1. The molecule has 4 rings (SSSR count). The number of anilines is 2. The average molecular weight is 430 g/mol. The molecule has 0 saturated carbocycles. The Morgan fingerprint density at radius 3 is 2.16 bits per heavy atom. The van der Waals surface area contributed by atoms with Crippen LogP contribution in [0.4, 0.5) is 15.8 Å². The monoisotopic (exact) mass is 430 g/mol. The zero-order valence-corrected chi connectivity index (χ0v) is 17.1. The van der Waals surface area contributed by atoms with Gasteiger partial charge in [0.1, 0.15) is 11.6 Å². The van der Waals surface area contributed by atoms with Gasteiger partial charge in [-0.3, -0.25) is 19.3 Å². The molecule has 1 heterocycles. The second-order valence-electron chi connectivity index (χ2n) is 7.31. The molecule has 0 aliphatic carbocycles. The molecule has 3 aromatic rings. The predicted molar refractivity (Wildman–Crippen MR) is 118 cm³/mol. The van der Waals surface area contributed by atoms with E-state index in [2.05, 4.69) is 5.32 Å². The summed E-state index contributed by atoms with van der Waals surface area (Å²) in [6, 6.07) is 19.3. The van der Waals surface area contributed by atoms with Crippen LogP contribution in [0.2, 0.25) is 0 Å². The second kappa shape index (κ2) is 8.47. The maximum atomic E-state index is 13.6. The molecule has 3 aromatic carbocycles. The molecular formula is C25H19FN2O4. The van der Waals surface area contributed by atoms with Crippen molar-refractivity contribution < 1.29 is 23.9 Å². The third-order valence-corrected chi connectivity index (χ3v) is 5.14. The van der Waals surface area contributed by atoms with Crippen LogP contribution < -0.4 is 10.2 Å². The summed E-state index contributed by atoms with van der Waals surface area (Å²) in [7, 11) is 0. The number of amides is 2. The molecule has 1 aliphatic heterocycles. The molecule has 1 atom stereocenters. The van der Waals surface area contributed by atoms with Crippen molar-refractivity contribution in [2.45, 2.75) is 13.0 Å². The van der Waals surface area contributed by atoms with Crippen molar-refractivity contribution in [2.24, 2.45) is 0 Å². The van der Waals surface area contributed by atoms with E-state index in [0.29, 0.717) is 22.5 Å². The lowest BCUT2D eigenvalue weighted by Crippen LogP contribution is -2.29. The van der Waals surface area contributed by atoms with Crippen molar-refractivity contribution >= 4 is 34.7 Å². The van der Waals surface area contributed by atoms with Crippen LogP contribution in [0.25, 0.3) is 5.76 Å². The lowest BCUT2D eigenvalue weighted by molar-refractivity contribution is -0.132. The van der Waals surface area contributed by atoms with Crippen molar-refractivity contribution in [3.05, 3.63) is 101 Å². The highest BCUT2D eigenvalue weighted by Gasteiger charge is 2.46. The zero-order chi connectivity index (χ0) is 22.8. The summed E-state index contributed by atoms with van der Waals surface area (Å²) in [5.41, 5.74) is 1.69. The van der Waals surface area contributed by atoms with Crippen LogP contribution in [0.3, 0.4) is 0 Å². The number of carbonyl (C=O) groups is 3. The first-order valence-electron chi connectivity index (χ1n) is 9.86. The Labute approximate surface area is 183 Å². The Balaban J connectivity index is 1.87. The Morgan fingerprint density at radius 1 is 0.938 bits per heavy atom. The first-order valence-corrected chi connectivity index (χ1v) is 9.86. The van der Waals surface area contributed by atoms with Crippen molar-refractivity contribution in [3.8, 4) is 0 Å². The molecule has 1 aliphatic rings. The minimum absolute atomic E-state index is 0.0845. The van der Waals surface area contributed by atoms with E-state index in [1.807, 2.05) is 0 Å². The van der Waals surface area contributed by atoms with E-state index >= 15 is 0 Å². The van der Waals surface area contributed by atoms with Gasteiger partial charge in [-0.25, -0.2) is 4.39 Å². The molecule has 7 heteroatoms. The Kier molecular flexibility index (Phi) is 5.55. The van der Waals surface area contributed by atoms with Gasteiger partial charge in [-0.05, 0) is 42.0 Å². The number of hydrogen-bond donors (Lipinski definition) is 2. The van der Waals surface area contributed by atoms with Crippen LogP contribution in [-0.4, -0.2) is 22.7 Å². The van der Waals surface area contributed by atoms with Crippen LogP contribution in [0, 0.1) is 5.82 Å². The molecule has 0 unspecified atom stereocenters. The molecule has 160 valence electrons. The molecule has 0 bridgehead atoms. The number of hydrogen-bond acceptors (Lipinski definition) is 4. The number of carbonyl (C=O) groups excluding carboxylic acids is 3. The molecule has 6 nitrogen and oxygen atoms in total. The minimum Gasteiger partial charge on any atom is -0.507 e. The molecule has 32 heavy (non-hydrogen) atoms. The van der Waals surface area contributed by atoms with E-state index in [1.54, 1.807) is 54.6 Å². The van der Waals surface area contributed by atoms with Gasteiger partial charge in [0.15, 0.2) is 0 Å². The number of Topliss-reactive ketones (excluding diaryl/α,β-unsaturated/α-hetero) is 1. The summed E-state index contributed by atoms with van der Waals surface area (Å²) in [6.45, 7) is 1.38. The highest BCUT2D eigenvalue weighted by atomic mass is 19.1. The topological polar surface area (TPSA) is 86.7 Å². The van der Waals surface area contributed by atoms with Gasteiger partial charge in [0.25, 0.3) is 11.7 Å².